The second kappa shape index (κ2) is 9.05. The van der Waals surface area contributed by atoms with Crippen molar-refractivity contribution in [3.05, 3.63) is 90.9 Å². The normalized spacial score (nSPS) is 10.7. The molecule has 0 radical (unpaired) electrons. The highest BCUT2D eigenvalue weighted by molar-refractivity contribution is 6.00. The SMILES string of the molecule is O=C(CCCNC(=O)c1ccc(-n2cccc2)cc1)Nc1cccc2cccnc12. The number of amides is 2. The van der Waals surface area contributed by atoms with Gasteiger partial charge in [-0.05, 0) is 55.0 Å². The third-order valence-electron chi connectivity index (χ3n) is 4.81. The fraction of sp³-hybridized carbons (Fsp3) is 0.125. The molecule has 0 aliphatic rings. The smallest absolute Gasteiger partial charge is 0.251 e. The van der Waals surface area contributed by atoms with E-state index in [1.165, 1.54) is 0 Å². The number of benzene rings is 2. The number of carbonyl (C=O) groups is 2. The van der Waals surface area contributed by atoms with Gasteiger partial charge in [0, 0.05) is 48.2 Å². The summed E-state index contributed by atoms with van der Waals surface area (Å²) in [4.78, 5) is 28.9. The van der Waals surface area contributed by atoms with Crippen molar-refractivity contribution in [3.63, 3.8) is 0 Å². The number of carbonyl (C=O) groups excluding carboxylic acids is 2. The molecule has 4 aromatic rings. The summed E-state index contributed by atoms with van der Waals surface area (Å²) in [6.07, 6.45) is 6.48. The number of aromatic nitrogens is 2. The lowest BCUT2D eigenvalue weighted by atomic mass is 10.2. The number of para-hydroxylation sites is 1. The van der Waals surface area contributed by atoms with Crippen LogP contribution in [0.1, 0.15) is 23.2 Å². The molecule has 0 aliphatic heterocycles. The van der Waals surface area contributed by atoms with Crippen molar-refractivity contribution in [3.8, 4) is 5.69 Å². The Hall–Kier alpha value is -3.93. The minimum atomic E-state index is -0.146. The number of pyridine rings is 1. The summed E-state index contributed by atoms with van der Waals surface area (Å²) in [7, 11) is 0. The highest BCUT2D eigenvalue weighted by Crippen LogP contribution is 2.20. The second-order valence-electron chi connectivity index (χ2n) is 6.93. The zero-order valence-corrected chi connectivity index (χ0v) is 16.4. The second-order valence-corrected chi connectivity index (χ2v) is 6.93. The van der Waals surface area contributed by atoms with Gasteiger partial charge in [-0.15, -0.1) is 0 Å². The molecule has 0 aliphatic carbocycles. The fourth-order valence-electron chi connectivity index (χ4n) is 3.26. The highest BCUT2D eigenvalue weighted by atomic mass is 16.2. The topological polar surface area (TPSA) is 76.0 Å². The quantitative estimate of drug-likeness (QED) is 0.459. The molecule has 0 unspecified atom stereocenters. The Morgan fingerprint density at radius 3 is 2.47 bits per heavy atom. The molecule has 0 bridgehead atoms. The van der Waals surface area contributed by atoms with Gasteiger partial charge in [-0.3, -0.25) is 14.6 Å². The molecule has 6 heteroatoms. The van der Waals surface area contributed by atoms with E-state index < -0.39 is 0 Å². The molecule has 4 rings (SSSR count). The third-order valence-corrected chi connectivity index (χ3v) is 4.81. The summed E-state index contributed by atoms with van der Waals surface area (Å²) in [5.74, 6) is -0.244. The van der Waals surface area contributed by atoms with E-state index in [4.69, 9.17) is 0 Å². The molecular formula is C24H22N4O2. The number of hydrogen-bond acceptors (Lipinski definition) is 3. The van der Waals surface area contributed by atoms with E-state index in [1.807, 2.05) is 71.6 Å². The first kappa shape index (κ1) is 19.4. The average Bonchev–Trinajstić information content (AvgIpc) is 3.32. The van der Waals surface area contributed by atoms with Gasteiger partial charge in [-0.1, -0.05) is 18.2 Å². The Morgan fingerprint density at radius 2 is 1.67 bits per heavy atom. The lowest BCUT2D eigenvalue weighted by Gasteiger charge is -2.09. The predicted octanol–water partition coefficient (Wildman–Crippen LogP) is 4.17. The highest BCUT2D eigenvalue weighted by Gasteiger charge is 2.08. The minimum absolute atomic E-state index is 0.0986. The first-order valence-corrected chi connectivity index (χ1v) is 9.86. The Balaban J connectivity index is 1.24. The van der Waals surface area contributed by atoms with Crippen LogP contribution in [-0.2, 0) is 4.79 Å². The van der Waals surface area contributed by atoms with Crippen LogP contribution in [0.25, 0.3) is 16.6 Å². The van der Waals surface area contributed by atoms with Gasteiger partial charge in [0.25, 0.3) is 5.91 Å². The molecule has 0 fully saturated rings. The molecule has 150 valence electrons. The molecule has 6 nitrogen and oxygen atoms in total. The van der Waals surface area contributed by atoms with Crippen LogP contribution < -0.4 is 10.6 Å². The van der Waals surface area contributed by atoms with Gasteiger partial charge >= 0.3 is 0 Å². The Morgan fingerprint density at radius 1 is 0.900 bits per heavy atom. The summed E-state index contributed by atoms with van der Waals surface area (Å²) >= 11 is 0. The van der Waals surface area contributed by atoms with Gasteiger partial charge in [0.2, 0.25) is 5.91 Å². The van der Waals surface area contributed by atoms with Crippen LogP contribution >= 0.6 is 0 Å². The largest absolute Gasteiger partial charge is 0.352 e. The molecule has 0 saturated carbocycles. The molecule has 2 aromatic heterocycles. The average molecular weight is 398 g/mol. The maximum atomic E-state index is 12.3. The first-order valence-electron chi connectivity index (χ1n) is 9.86. The van der Waals surface area contributed by atoms with Crippen molar-refractivity contribution < 1.29 is 9.59 Å². The van der Waals surface area contributed by atoms with Gasteiger partial charge < -0.3 is 15.2 Å². The van der Waals surface area contributed by atoms with Crippen LogP contribution in [0.15, 0.2) is 85.3 Å². The van der Waals surface area contributed by atoms with Crippen molar-refractivity contribution in [1.82, 2.24) is 14.9 Å². The molecular weight excluding hydrogens is 376 g/mol. The molecule has 30 heavy (non-hydrogen) atoms. The number of fused-ring (bicyclic) bond motifs is 1. The van der Waals surface area contributed by atoms with Gasteiger partial charge in [-0.25, -0.2) is 0 Å². The van der Waals surface area contributed by atoms with E-state index in [9.17, 15) is 9.59 Å². The maximum Gasteiger partial charge on any atom is 0.251 e. The third kappa shape index (κ3) is 4.55. The van der Waals surface area contributed by atoms with Crippen LogP contribution in [0.3, 0.4) is 0 Å². The molecule has 0 spiro atoms. The molecule has 0 atom stereocenters. The van der Waals surface area contributed by atoms with Crippen LogP contribution in [0.5, 0.6) is 0 Å². The zero-order chi connectivity index (χ0) is 20.8. The summed E-state index contributed by atoms with van der Waals surface area (Å²) in [5, 5.41) is 6.75. The van der Waals surface area contributed by atoms with Crippen LogP contribution in [0, 0.1) is 0 Å². The lowest BCUT2D eigenvalue weighted by Crippen LogP contribution is -2.25. The molecule has 0 saturated heterocycles. The standard InChI is InChI=1S/C24H22N4O2/c29-22(27-21-8-3-6-18-7-4-14-25-23(18)21)9-5-15-26-24(30)19-10-12-20(13-11-19)28-16-1-2-17-28/h1-4,6-8,10-14,16-17H,5,9,15H2,(H,26,30)(H,27,29). The van der Waals surface area contributed by atoms with Crippen LogP contribution in [0.2, 0.25) is 0 Å². The number of hydrogen-bond donors (Lipinski definition) is 2. The molecule has 2 heterocycles. The van der Waals surface area contributed by atoms with E-state index in [-0.39, 0.29) is 11.8 Å². The van der Waals surface area contributed by atoms with E-state index in [0.29, 0.717) is 30.6 Å². The van der Waals surface area contributed by atoms with Crippen LogP contribution in [0.4, 0.5) is 5.69 Å². The number of anilines is 1. The van der Waals surface area contributed by atoms with Crippen molar-refractivity contribution >= 4 is 28.4 Å². The van der Waals surface area contributed by atoms with Crippen LogP contribution in [-0.4, -0.2) is 27.9 Å². The molecule has 2 amide bonds. The van der Waals surface area contributed by atoms with Crippen molar-refractivity contribution in [2.24, 2.45) is 0 Å². The first-order chi connectivity index (χ1) is 14.7. The van der Waals surface area contributed by atoms with Gasteiger partial charge in [0.15, 0.2) is 0 Å². The molecule has 2 N–H and O–H groups in total. The fourth-order valence-corrected chi connectivity index (χ4v) is 3.26. The van der Waals surface area contributed by atoms with E-state index in [1.54, 1.807) is 18.3 Å². The summed E-state index contributed by atoms with van der Waals surface area (Å²) in [6, 6.07) is 20.8. The Kier molecular flexibility index (Phi) is 5.85. The monoisotopic (exact) mass is 398 g/mol. The van der Waals surface area contributed by atoms with Gasteiger partial charge in [-0.2, -0.15) is 0 Å². The lowest BCUT2D eigenvalue weighted by molar-refractivity contribution is -0.116. The zero-order valence-electron chi connectivity index (χ0n) is 16.4. The summed E-state index contributed by atoms with van der Waals surface area (Å²) in [5.41, 5.74) is 3.06. The Bertz CT molecular complexity index is 1150. The summed E-state index contributed by atoms with van der Waals surface area (Å²) < 4.78 is 1.98. The predicted molar refractivity (Wildman–Crippen MR) is 118 cm³/mol. The van der Waals surface area contributed by atoms with Gasteiger partial charge in [0.05, 0.1) is 11.2 Å². The maximum absolute atomic E-state index is 12.3. The summed E-state index contributed by atoms with van der Waals surface area (Å²) in [6.45, 7) is 0.430. The van der Waals surface area contributed by atoms with Gasteiger partial charge in [0.1, 0.15) is 0 Å². The Labute approximate surface area is 174 Å². The number of nitrogens with zero attached hydrogens (tertiary/aromatic N) is 2. The van der Waals surface area contributed by atoms with E-state index in [0.717, 1.165) is 16.6 Å². The number of nitrogens with one attached hydrogen (secondary N) is 2. The van der Waals surface area contributed by atoms with Crippen molar-refractivity contribution in [2.45, 2.75) is 12.8 Å². The van der Waals surface area contributed by atoms with Crippen molar-refractivity contribution in [1.29, 1.82) is 0 Å². The van der Waals surface area contributed by atoms with E-state index in [2.05, 4.69) is 15.6 Å². The van der Waals surface area contributed by atoms with E-state index >= 15 is 0 Å². The number of rotatable bonds is 7. The van der Waals surface area contributed by atoms with Crippen molar-refractivity contribution in [2.75, 3.05) is 11.9 Å². The molecule has 2 aromatic carbocycles. The minimum Gasteiger partial charge on any atom is -0.352 e.